The standard InChI is InChI=1S/C16H20N4/c1-12-18-15-8-10-20(9-7-14(15)16(17)19-12)11-13-5-3-2-4-6-13/h2-6H,7-11H2,1H3,(H2,17,18,19). The highest BCUT2D eigenvalue weighted by atomic mass is 15.1. The van der Waals surface area contributed by atoms with Crippen molar-refractivity contribution in [2.45, 2.75) is 26.3 Å². The summed E-state index contributed by atoms with van der Waals surface area (Å²) in [6.45, 7) is 4.93. The van der Waals surface area contributed by atoms with E-state index in [0.717, 1.165) is 49.6 Å². The quantitative estimate of drug-likeness (QED) is 0.904. The Balaban J connectivity index is 1.74. The first kappa shape index (κ1) is 13.1. The van der Waals surface area contributed by atoms with Gasteiger partial charge in [0.2, 0.25) is 0 Å². The number of hydrogen-bond donors (Lipinski definition) is 1. The SMILES string of the molecule is Cc1nc(N)c2c(n1)CCN(Cc1ccccc1)CC2. The summed E-state index contributed by atoms with van der Waals surface area (Å²) >= 11 is 0. The van der Waals surface area contributed by atoms with E-state index in [1.54, 1.807) is 0 Å². The van der Waals surface area contributed by atoms with Crippen LogP contribution in [-0.2, 0) is 19.4 Å². The van der Waals surface area contributed by atoms with Crippen LogP contribution in [-0.4, -0.2) is 28.0 Å². The van der Waals surface area contributed by atoms with Crippen LogP contribution in [0.1, 0.15) is 22.6 Å². The molecule has 20 heavy (non-hydrogen) atoms. The molecule has 104 valence electrons. The van der Waals surface area contributed by atoms with E-state index in [1.165, 1.54) is 5.56 Å². The van der Waals surface area contributed by atoms with Gasteiger partial charge in [-0.2, -0.15) is 0 Å². The second kappa shape index (κ2) is 5.59. The first-order chi connectivity index (χ1) is 9.72. The molecule has 0 aliphatic carbocycles. The summed E-state index contributed by atoms with van der Waals surface area (Å²) in [5.41, 5.74) is 9.67. The summed E-state index contributed by atoms with van der Waals surface area (Å²) in [5.74, 6) is 1.44. The predicted molar refractivity (Wildman–Crippen MR) is 80.3 cm³/mol. The summed E-state index contributed by atoms with van der Waals surface area (Å²) < 4.78 is 0. The van der Waals surface area contributed by atoms with Crippen LogP contribution in [0.15, 0.2) is 30.3 Å². The molecule has 0 spiro atoms. The van der Waals surface area contributed by atoms with Crippen LogP contribution in [0.4, 0.5) is 5.82 Å². The topological polar surface area (TPSA) is 55.0 Å². The van der Waals surface area contributed by atoms with E-state index < -0.39 is 0 Å². The van der Waals surface area contributed by atoms with E-state index in [2.05, 4.69) is 45.2 Å². The molecule has 0 atom stereocenters. The van der Waals surface area contributed by atoms with Crippen molar-refractivity contribution in [3.8, 4) is 0 Å². The van der Waals surface area contributed by atoms with Crippen LogP contribution in [0, 0.1) is 6.92 Å². The summed E-state index contributed by atoms with van der Waals surface area (Å²) in [7, 11) is 0. The van der Waals surface area contributed by atoms with Gasteiger partial charge in [0.25, 0.3) is 0 Å². The number of nitrogens with two attached hydrogens (primary N) is 1. The fourth-order valence-corrected chi connectivity index (χ4v) is 2.80. The van der Waals surface area contributed by atoms with Crippen molar-refractivity contribution in [2.24, 2.45) is 0 Å². The van der Waals surface area contributed by atoms with Crippen molar-refractivity contribution in [1.29, 1.82) is 0 Å². The third-order valence-corrected chi connectivity index (χ3v) is 3.83. The summed E-state index contributed by atoms with van der Waals surface area (Å²) in [5, 5.41) is 0. The third-order valence-electron chi connectivity index (χ3n) is 3.83. The van der Waals surface area contributed by atoms with Crippen molar-refractivity contribution in [1.82, 2.24) is 14.9 Å². The Kier molecular flexibility index (Phi) is 3.65. The number of anilines is 1. The lowest BCUT2D eigenvalue weighted by Crippen LogP contribution is -2.25. The minimum atomic E-state index is 0.661. The first-order valence-electron chi connectivity index (χ1n) is 7.10. The van der Waals surface area contributed by atoms with Gasteiger partial charge < -0.3 is 5.73 Å². The van der Waals surface area contributed by atoms with Crippen LogP contribution in [0.25, 0.3) is 0 Å². The molecule has 2 heterocycles. The Hall–Kier alpha value is -1.94. The number of aryl methyl sites for hydroxylation is 1. The second-order valence-corrected chi connectivity index (χ2v) is 5.34. The lowest BCUT2D eigenvalue weighted by Gasteiger charge is -2.19. The molecule has 0 saturated heterocycles. The summed E-state index contributed by atoms with van der Waals surface area (Å²) in [6.07, 6.45) is 1.89. The number of hydrogen-bond acceptors (Lipinski definition) is 4. The second-order valence-electron chi connectivity index (χ2n) is 5.34. The van der Waals surface area contributed by atoms with E-state index in [1.807, 2.05) is 6.92 Å². The normalized spacial score (nSPS) is 15.7. The molecule has 1 aliphatic heterocycles. The molecule has 1 aromatic heterocycles. The fourth-order valence-electron chi connectivity index (χ4n) is 2.80. The average molecular weight is 268 g/mol. The van der Waals surface area contributed by atoms with E-state index in [-0.39, 0.29) is 0 Å². The molecular formula is C16H20N4. The highest BCUT2D eigenvalue weighted by Gasteiger charge is 2.18. The van der Waals surface area contributed by atoms with Crippen LogP contribution in [0.3, 0.4) is 0 Å². The van der Waals surface area contributed by atoms with Gasteiger partial charge in [0.05, 0.1) is 5.69 Å². The van der Waals surface area contributed by atoms with Crippen LogP contribution in [0.5, 0.6) is 0 Å². The number of aromatic nitrogens is 2. The Bertz CT molecular complexity index is 595. The summed E-state index contributed by atoms with van der Waals surface area (Å²) in [6, 6.07) is 10.6. The van der Waals surface area contributed by atoms with Crippen molar-refractivity contribution < 1.29 is 0 Å². The van der Waals surface area contributed by atoms with Gasteiger partial charge >= 0.3 is 0 Å². The van der Waals surface area contributed by atoms with Gasteiger partial charge in [-0.05, 0) is 18.9 Å². The third kappa shape index (κ3) is 2.80. The molecular weight excluding hydrogens is 248 g/mol. The molecule has 1 aliphatic rings. The molecule has 0 unspecified atom stereocenters. The minimum absolute atomic E-state index is 0.661. The Morgan fingerprint density at radius 2 is 1.85 bits per heavy atom. The van der Waals surface area contributed by atoms with Gasteiger partial charge in [0.1, 0.15) is 11.6 Å². The fraction of sp³-hybridized carbons (Fsp3) is 0.375. The molecule has 0 amide bonds. The predicted octanol–water partition coefficient (Wildman–Crippen LogP) is 1.97. The minimum Gasteiger partial charge on any atom is -0.383 e. The van der Waals surface area contributed by atoms with Crippen molar-refractivity contribution in [3.63, 3.8) is 0 Å². The number of fused-ring (bicyclic) bond motifs is 1. The van der Waals surface area contributed by atoms with E-state index in [4.69, 9.17) is 5.73 Å². The molecule has 0 radical (unpaired) electrons. The van der Waals surface area contributed by atoms with Gasteiger partial charge in [0, 0.05) is 31.6 Å². The zero-order valence-corrected chi connectivity index (χ0v) is 11.8. The molecule has 1 aromatic carbocycles. The maximum Gasteiger partial charge on any atom is 0.130 e. The van der Waals surface area contributed by atoms with Gasteiger partial charge in [-0.1, -0.05) is 30.3 Å². The molecule has 4 heteroatoms. The van der Waals surface area contributed by atoms with E-state index >= 15 is 0 Å². The van der Waals surface area contributed by atoms with Gasteiger partial charge in [-0.25, -0.2) is 9.97 Å². The first-order valence-corrected chi connectivity index (χ1v) is 7.10. The smallest absolute Gasteiger partial charge is 0.130 e. The average Bonchev–Trinajstić information content (AvgIpc) is 2.63. The van der Waals surface area contributed by atoms with Gasteiger partial charge in [-0.3, -0.25) is 4.90 Å². The molecule has 2 N–H and O–H groups in total. The molecule has 0 saturated carbocycles. The highest BCUT2D eigenvalue weighted by molar-refractivity contribution is 5.43. The number of rotatable bonds is 2. The van der Waals surface area contributed by atoms with E-state index in [0.29, 0.717) is 5.82 Å². The van der Waals surface area contributed by atoms with E-state index in [9.17, 15) is 0 Å². The Labute approximate surface area is 119 Å². The van der Waals surface area contributed by atoms with Crippen molar-refractivity contribution in [2.75, 3.05) is 18.8 Å². The number of nitrogen functional groups attached to an aromatic ring is 1. The lowest BCUT2D eigenvalue weighted by molar-refractivity contribution is 0.279. The summed E-state index contributed by atoms with van der Waals surface area (Å²) in [4.78, 5) is 11.3. The Morgan fingerprint density at radius 3 is 2.65 bits per heavy atom. The van der Waals surface area contributed by atoms with Crippen LogP contribution >= 0.6 is 0 Å². The maximum absolute atomic E-state index is 6.04. The van der Waals surface area contributed by atoms with Crippen LogP contribution < -0.4 is 5.73 Å². The highest BCUT2D eigenvalue weighted by Crippen LogP contribution is 2.20. The zero-order chi connectivity index (χ0) is 13.9. The molecule has 2 aromatic rings. The molecule has 0 fully saturated rings. The largest absolute Gasteiger partial charge is 0.383 e. The Morgan fingerprint density at radius 1 is 1.10 bits per heavy atom. The molecule has 4 nitrogen and oxygen atoms in total. The van der Waals surface area contributed by atoms with Crippen molar-refractivity contribution >= 4 is 5.82 Å². The zero-order valence-electron chi connectivity index (χ0n) is 11.8. The maximum atomic E-state index is 6.04. The monoisotopic (exact) mass is 268 g/mol. The van der Waals surface area contributed by atoms with Gasteiger partial charge in [0.15, 0.2) is 0 Å². The number of benzene rings is 1. The molecule has 3 rings (SSSR count). The van der Waals surface area contributed by atoms with Crippen molar-refractivity contribution in [3.05, 3.63) is 53.0 Å². The number of nitrogens with zero attached hydrogens (tertiary/aromatic N) is 3. The lowest BCUT2D eigenvalue weighted by atomic mass is 10.1. The van der Waals surface area contributed by atoms with Gasteiger partial charge in [-0.15, -0.1) is 0 Å². The van der Waals surface area contributed by atoms with Crippen LogP contribution in [0.2, 0.25) is 0 Å². The molecule has 0 bridgehead atoms.